The highest BCUT2D eigenvalue weighted by Crippen LogP contribution is 2.50. The molecule has 0 bridgehead atoms. The molecular weight excluding hydrogens is 238 g/mol. The average Bonchev–Trinajstić information content (AvgIpc) is 2.63. The van der Waals surface area contributed by atoms with Crippen LogP contribution in [-0.4, -0.2) is 34.6 Å². The van der Waals surface area contributed by atoms with Gasteiger partial charge in [0.15, 0.2) is 0 Å². The van der Waals surface area contributed by atoms with Crippen LogP contribution in [-0.2, 0) is 4.79 Å². The number of hydrogen-bond acceptors (Lipinski definition) is 2. The molecule has 3 fully saturated rings. The Balaban J connectivity index is 1.65. The van der Waals surface area contributed by atoms with Crippen LogP contribution in [0.3, 0.4) is 0 Å². The van der Waals surface area contributed by atoms with Gasteiger partial charge in [-0.15, -0.1) is 0 Å². The van der Waals surface area contributed by atoms with Crippen LogP contribution in [0.1, 0.15) is 70.6 Å². The molecule has 1 N–H and O–H groups in total. The Morgan fingerprint density at radius 3 is 1.95 bits per heavy atom. The first-order valence-corrected chi connectivity index (χ1v) is 8.11. The molecule has 3 rings (SSSR count). The summed E-state index contributed by atoms with van der Waals surface area (Å²) < 4.78 is 0. The third-order valence-electron chi connectivity index (χ3n) is 5.90. The Bertz CT molecular complexity index is 331. The second kappa shape index (κ2) is 5.08. The number of aliphatic carboxylic acids is 1. The summed E-state index contributed by atoms with van der Waals surface area (Å²) in [4.78, 5) is 13.7. The van der Waals surface area contributed by atoms with Gasteiger partial charge in [0.2, 0.25) is 0 Å². The summed E-state index contributed by atoms with van der Waals surface area (Å²) in [6.07, 6.45) is 13.4. The van der Waals surface area contributed by atoms with Gasteiger partial charge in [-0.2, -0.15) is 0 Å². The van der Waals surface area contributed by atoms with Gasteiger partial charge in [0.05, 0.1) is 6.42 Å². The minimum atomic E-state index is -0.608. The first-order chi connectivity index (χ1) is 9.14. The van der Waals surface area contributed by atoms with Gasteiger partial charge in [0, 0.05) is 18.6 Å². The smallest absolute Gasteiger partial charge is 0.305 e. The van der Waals surface area contributed by atoms with Crippen molar-refractivity contribution in [3.63, 3.8) is 0 Å². The molecule has 1 spiro atoms. The summed E-state index contributed by atoms with van der Waals surface area (Å²) >= 11 is 0. The molecule has 1 aliphatic heterocycles. The van der Waals surface area contributed by atoms with Crippen molar-refractivity contribution in [2.45, 2.75) is 76.2 Å². The molecule has 1 heterocycles. The van der Waals surface area contributed by atoms with Gasteiger partial charge in [0.1, 0.15) is 0 Å². The predicted octanol–water partition coefficient (Wildman–Crippen LogP) is 3.43. The molecule has 2 saturated carbocycles. The summed E-state index contributed by atoms with van der Waals surface area (Å²) in [6.45, 7) is 2.36. The van der Waals surface area contributed by atoms with Crippen molar-refractivity contribution in [2.75, 3.05) is 13.1 Å². The Hall–Kier alpha value is -0.570. The van der Waals surface area contributed by atoms with Gasteiger partial charge in [0.25, 0.3) is 0 Å². The molecule has 2 aliphatic carbocycles. The lowest BCUT2D eigenvalue weighted by molar-refractivity contribution is -0.146. The van der Waals surface area contributed by atoms with E-state index in [4.69, 9.17) is 0 Å². The minimum Gasteiger partial charge on any atom is -0.481 e. The van der Waals surface area contributed by atoms with Gasteiger partial charge in [-0.05, 0) is 31.1 Å². The van der Waals surface area contributed by atoms with E-state index >= 15 is 0 Å². The van der Waals surface area contributed by atoms with Gasteiger partial charge >= 0.3 is 5.97 Å². The average molecular weight is 265 g/mol. The standard InChI is InChI=1S/C16H27NO2/c18-14(19)11-16(9-5-6-10-16)17-12-15(13-17)7-3-1-2-4-8-15/h1-13H2,(H,18,19). The second-order valence-corrected chi connectivity index (χ2v) is 7.27. The van der Waals surface area contributed by atoms with Crippen LogP contribution in [0.15, 0.2) is 0 Å². The fraction of sp³-hybridized carbons (Fsp3) is 0.938. The lowest BCUT2D eigenvalue weighted by atomic mass is 9.70. The van der Waals surface area contributed by atoms with Crippen molar-refractivity contribution in [1.29, 1.82) is 0 Å². The molecule has 3 nitrogen and oxygen atoms in total. The van der Waals surface area contributed by atoms with Crippen molar-refractivity contribution >= 4 is 5.97 Å². The zero-order chi connectivity index (χ0) is 13.3. The number of carboxylic acids is 1. The van der Waals surface area contributed by atoms with Gasteiger partial charge in [-0.1, -0.05) is 38.5 Å². The van der Waals surface area contributed by atoms with E-state index in [0.29, 0.717) is 11.8 Å². The SMILES string of the molecule is O=C(O)CC1(N2CC3(CCCCCC3)C2)CCCC1. The van der Waals surface area contributed by atoms with Crippen molar-refractivity contribution < 1.29 is 9.90 Å². The maximum Gasteiger partial charge on any atom is 0.305 e. The van der Waals surface area contributed by atoms with Crippen LogP contribution >= 0.6 is 0 Å². The van der Waals surface area contributed by atoms with E-state index in [0.717, 1.165) is 12.8 Å². The van der Waals surface area contributed by atoms with Gasteiger partial charge in [-0.25, -0.2) is 0 Å². The highest BCUT2D eigenvalue weighted by Gasteiger charge is 2.52. The molecular formula is C16H27NO2. The third-order valence-corrected chi connectivity index (χ3v) is 5.90. The zero-order valence-corrected chi connectivity index (χ0v) is 12.0. The summed E-state index contributed by atoms with van der Waals surface area (Å²) in [5.41, 5.74) is 0.577. The van der Waals surface area contributed by atoms with E-state index in [-0.39, 0.29) is 5.54 Å². The topological polar surface area (TPSA) is 40.5 Å². The van der Waals surface area contributed by atoms with E-state index in [1.165, 1.54) is 64.5 Å². The lowest BCUT2D eigenvalue weighted by Crippen LogP contribution is -2.65. The Kier molecular flexibility index (Phi) is 3.59. The van der Waals surface area contributed by atoms with Gasteiger partial charge in [-0.3, -0.25) is 9.69 Å². The number of carbonyl (C=O) groups is 1. The maximum absolute atomic E-state index is 11.2. The highest BCUT2D eigenvalue weighted by atomic mass is 16.4. The predicted molar refractivity (Wildman–Crippen MR) is 75.2 cm³/mol. The largest absolute Gasteiger partial charge is 0.481 e. The van der Waals surface area contributed by atoms with Crippen LogP contribution in [0.4, 0.5) is 0 Å². The Morgan fingerprint density at radius 2 is 1.42 bits per heavy atom. The number of carboxylic acid groups (broad SMARTS) is 1. The summed E-state index contributed by atoms with van der Waals surface area (Å²) in [7, 11) is 0. The molecule has 0 radical (unpaired) electrons. The van der Waals surface area contributed by atoms with E-state index in [1.807, 2.05) is 0 Å². The number of hydrogen-bond donors (Lipinski definition) is 1. The molecule has 0 atom stereocenters. The van der Waals surface area contributed by atoms with Crippen molar-refractivity contribution in [3.05, 3.63) is 0 Å². The van der Waals surface area contributed by atoms with Crippen LogP contribution in [0.5, 0.6) is 0 Å². The van der Waals surface area contributed by atoms with Crippen LogP contribution in [0, 0.1) is 5.41 Å². The zero-order valence-electron chi connectivity index (χ0n) is 12.0. The van der Waals surface area contributed by atoms with Crippen LogP contribution < -0.4 is 0 Å². The van der Waals surface area contributed by atoms with Crippen molar-refractivity contribution in [1.82, 2.24) is 4.90 Å². The van der Waals surface area contributed by atoms with E-state index in [2.05, 4.69) is 4.90 Å². The second-order valence-electron chi connectivity index (χ2n) is 7.27. The van der Waals surface area contributed by atoms with Crippen molar-refractivity contribution in [2.24, 2.45) is 5.41 Å². The summed E-state index contributed by atoms with van der Waals surface area (Å²) in [5.74, 6) is -0.608. The monoisotopic (exact) mass is 265 g/mol. The number of rotatable bonds is 3. The molecule has 1 saturated heterocycles. The normalized spacial score (nSPS) is 29.9. The van der Waals surface area contributed by atoms with Crippen LogP contribution in [0.2, 0.25) is 0 Å². The molecule has 0 unspecified atom stereocenters. The molecule has 0 aromatic heterocycles. The fourth-order valence-corrected chi connectivity index (χ4v) is 4.81. The summed E-state index contributed by atoms with van der Waals surface area (Å²) in [5, 5.41) is 9.23. The molecule has 0 aromatic carbocycles. The third kappa shape index (κ3) is 2.54. The Labute approximate surface area is 116 Å². The molecule has 3 heteroatoms. The van der Waals surface area contributed by atoms with Crippen LogP contribution in [0.25, 0.3) is 0 Å². The fourth-order valence-electron chi connectivity index (χ4n) is 4.81. The highest BCUT2D eigenvalue weighted by molar-refractivity contribution is 5.68. The Morgan fingerprint density at radius 1 is 0.895 bits per heavy atom. The quantitative estimate of drug-likeness (QED) is 0.850. The minimum absolute atomic E-state index is 0.0172. The first-order valence-electron chi connectivity index (χ1n) is 8.11. The molecule has 0 aromatic rings. The molecule has 19 heavy (non-hydrogen) atoms. The molecule has 3 aliphatic rings. The molecule has 108 valence electrons. The van der Waals surface area contributed by atoms with E-state index in [1.54, 1.807) is 0 Å². The van der Waals surface area contributed by atoms with E-state index < -0.39 is 5.97 Å². The first kappa shape index (κ1) is 13.4. The molecule has 0 amide bonds. The lowest BCUT2D eigenvalue weighted by Gasteiger charge is -2.58. The van der Waals surface area contributed by atoms with Crippen molar-refractivity contribution in [3.8, 4) is 0 Å². The maximum atomic E-state index is 11.2. The van der Waals surface area contributed by atoms with E-state index in [9.17, 15) is 9.90 Å². The number of nitrogens with zero attached hydrogens (tertiary/aromatic N) is 1. The van der Waals surface area contributed by atoms with Gasteiger partial charge < -0.3 is 5.11 Å². The number of likely N-dealkylation sites (tertiary alicyclic amines) is 1. The summed E-state index contributed by atoms with van der Waals surface area (Å²) in [6, 6.07) is 0.